The third kappa shape index (κ3) is 4.13. The van der Waals surface area contributed by atoms with E-state index in [2.05, 4.69) is 0 Å². The van der Waals surface area contributed by atoms with Gasteiger partial charge in [0.25, 0.3) is 0 Å². The van der Waals surface area contributed by atoms with Gasteiger partial charge < -0.3 is 29.2 Å². The molecule has 2 rings (SSSR count). The minimum Gasteiger partial charge on any atom is -0.493 e. The molecule has 0 fully saturated rings. The summed E-state index contributed by atoms with van der Waals surface area (Å²) in [5.41, 5.74) is 0.319. The molecule has 2 unspecified atom stereocenters. The lowest BCUT2D eigenvalue weighted by Crippen LogP contribution is -2.34. The van der Waals surface area contributed by atoms with E-state index in [0.717, 1.165) is 0 Å². The molecule has 7 heteroatoms. The lowest BCUT2D eigenvalue weighted by atomic mass is 10.0. The van der Waals surface area contributed by atoms with Crippen molar-refractivity contribution in [2.24, 2.45) is 0 Å². The smallest absolute Gasteiger partial charge is 0.348 e. The molecular weight excluding hydrogens is 328 g/mol. The van der Waals surface area contributed by atoms with E-state index in [-0.39, 0.29) is 5.75 Å². The summed E-state index contributed by atoms with van der Waals surface area (Å²) in [7, 11) is 4.38. The Balaban J connectivity index is 2.32. The van der Waals surface area contributed by atoms with Gasteiger partial charge in [-0.2, -0.15) is 0 Å². The second-order valence-electron chi connectivity index (χ2n) is 5.09. The normalized spacial score (nSPS) is 12.8. The molecule has 0 amide bonds. The molecule has 134 valence electrons. The first-order valence-electron chi connectivity index (χ1n) is 7.44. The molecule has 0 bridgehead atoms. The van der Waals surface area contributed by atoms with Crippen molar-refractivity contribution in [1.29, 1.82) is 0 Å². The zero-order valence-electron chi connectivity index (χ0n) is 14.1. The SMILES string of the molecule is COc1ccc(C(O)C(Oc2ccccc2OC)C(=O)O)cc1OC. The highest BCUT2D eigenvalue weighted by atomic mass is 16.5. The average molecular weight is 348 g/mol. The molecule has 2 aromatic rings. The van der Waals surface area contributed by atoms with Crippen LogP contribution in [0.5, 0.6) is 23.0 Å². The van der Waals surface area contributed by atoms with Crippen molar-refractivity contribution in [2.75, 3.05) is 21.3 Å². The van der Waals surface area contributed by atoms with Crippen LogP contribution in [0.3, 0.4) is 0 Å². The van der Waals surface area contributed by atoms with E-state index >= 15 is 0 Å². The molecule has 0 aromatic heterocycles. The van der Waals surface area contributed by atoms with Crippen molar-refractivity contribution in [1.82, 2.24) is 0 Å². The van der Waals surface area contributed by atoms with Gasteiger partial charge in [0.1, 0.15) is 6.10 Å². The van der Waals surface area contributed by atoms with Gasteiger partial charge in [0.05, 0.1) is 21.3 Å². The van der Waals surface area contributed by atoms with Crippen molar-refractivity contribution in [3.63, 3.8) is 0 Å². The molecular formula is C18H20O7. The highest BCUT2D eigenvalue weighted by Gasteiger charge is 2.31. The molecule has 2 aromatic carbocycles. The lowest BCUT2D eigenvalue weighted by Gasteiger charge is -2.22. The fourth-order valence-electron chi connectivity index (χ4n) is 2.31. The molecule has 2 N–H and O–H groups in total. The molecule has 0 heterocycles. The summed E-state index contributed by atoms with van der Waals surface area (Å²) in [6, 6.07) is 11.2. The van der Waals surface area contributed by atoms with E-state index in [9.17, 15) is 15.0 Å². The number of aliphatic hydroxyl groups excluding tert-OH is 1. The summed E-state index contributed by atoms with van der Waals surface area (Å²) in [5, 5.41) is 20.0. The molecule has 0 saturated carbocycles. The summed E-state index contributed by atoms with van der Waals surface area (Å²) < 4.78 is 21.0. The first-order chi connectivity index (χ1) is 12.0. The number of aliphatic carboxylic acids is 1. The molecule has 0 spiro atoms. The van der Waals surface area contributed by atoms with Crippen molar-refractivity contribution in [3.05, 3.63) is 48.0 Å². The number of rotatable bonds is 8. The van der Waals surface area contributed by atoms with Crippen LogP contribution < -0.4 is 18.9 Å². The van der Waals surface area contributed by atoms with Crippen LogP contribution in [0.2, 0.25) is 0 Å². The van der Waals surface area contributed by atoms with Crippen molar-refractivity contribution in [2.45, 2.75) is 12.2 Å². The molecule has 0 aliphatic carbocycles. The molecule has 0 radical (unpaired) electrons. The highest BCUT2D eigenvalue weighted by molar-refractivity contribution is 5.74. The number of hydrogen-bond donors (Lipinski definition) is 2. The van der Waals surface area contributed by atoms with Gasteiger partial charge in [-0.05, 0) is 29.8 Å². The number of benzene rings is 2. The number of aliphatic hydroxyl groups is 1. The Kier molecular flexibility index (Phi) is 6.08. The number of ether oxygens (including phenoxy) is 4. The maximum Gasteiger partial charge on any atom is 0.348 e. The zero-order chi connectivity index (χ0) is 18.4. The van der Waals surface area contributed by atoms with E-state index in [4.69, 9.17) is 18.9 Å². The van der Waals surface area contributed by atoms with Crippen LogP contribution in [0.4, 0.5) is 0 Å². The second kappa shape index (κ2) is 8.25. The van der Waals surface area contributed by atoms with Gasteiger partial charge in [0.2, 0.25) is 6.10 Å². The first-order valence-corrected chi connectivity index (χ1v) is 7.44. The van der Waals surface area contributed by atoms with Crippen LogP contribution in [-0.2, 0) is 4.79 Å². The number of methoxy groups -OCH3 is 3. The Morgan fingerprint density at radius 3 is 2.00 bits per heavy atom. The number of hydrogen-bond acceptors (Lipinski definition) is 6. The summed E-state index contributed by atoms with van der Waals surface area (Å²) >= 11 is 0. The van der Waals surface area contributed by atoms with Crippen molar-refractivity contribution < 1.29 is 34.0 Å². The standard InChI is InChI=1S/C18H20O7/c1-22-12-6-4-5-7-14(12)25-17(18(20)21)16(19)11-8-9-13(23-2)15(10-11)24-3/h4-10,16-17,19H,1-3H3,(H,20,21). The molecule has 0 saturated heterocycles. The van der Waals surface area contributed by atoms with Crippen LogP contribution in [0.1, 0.15) is 11.7 Å². The maximum absolute atomic E-state index is 11.6. The molecule has 7 nitrogen and oxygen atoms in total. The molecule has 0 aliphatic heterocycles. The molecule has 2 atom stereocenters. The fourth-order valence-corrected chi connectivity index (χ4v) is 2.31. The summed E-state index contributed by atoms with van der Waals surface area (Å²) in [4.78, 5) is 11.6. The fraction of sp³-hybridized carbons (Fsp3) is 0.278. The lowest BCUT2D eigenvalue weighted by molar-refractivity contribution is -0.150. The van der Waals surface area contributed by atoms with Gasteiger partial charge in [-0.25, -0.2) is 4.79 Å². The third-order valence-electron chi connectivity index (χ3n) is 3.60. The average Bonchev–Trinajstić information content (AvgIpc) is 2.64. The Morgan fingerprint density at radius 1 is 0.880 bits per heavy atom. The predicted molar refractivity (Wildman–Crippen MR) is 89.6 cm³/mol. The summed E-state index contributed by atoms with van der Waals surface area (Å²) in [6.45, 7) is 0. The van der Waals surface area contributed by atoms with Crippen molar-refractivity contribution in [3.8, 4) is 23.0 Å². The van der Waals surface area contributed by atoms with Gasteiger partial charge >= 0.3 is 5.97 Å². The molecule has 25 heavy (non-hydrogen) atoms. The van der Waals surface area contributed by atoms with E-state index in [0.29, 0.717) is 22.8 Å². The van der Waals surface area contributed by atoms with E-state index in [1.807, 2.05) is 0 Å². The van der Waals surface area contributed by atoms with Crippen LogP contribution in [0.15, 0.2) is 42.5 Å². The largest absolute Gasteiger partial charge is 0.493 e. The van der Waals surface area contributed by atoms with Gasteiger partial charge in [-0.15, -0.1) is 0 Å². The number of para-hydroxylation sites is 2. The number of carboxylic acids is 1. The molecule has 0 aliphatic rings. The van der Waals surface area contributed by atoms with E-state index < -0.39 is 18.2 Å². The Bertz CT molecular complexity index is 729. The number of carboxylic acid groups (broad SMARTS) is 1. The van der Waals surface area contributed by atoms with E-state index in [1.165, 1.54) is 27.4 Å². The quantitative estimate of drug-likeness (QED) is 0.756. The Hall–Kier alpha value is -2.93. The van der Waals surface area contributed by atoms with Crippen molar-refractivity contribution >= 4 is 5.97 Å². The minimum atomic E-state index is -1.53. The Labute approximate surface area is 145 Å². The van der Waals surface area contributed by atoms with Crippen LogP contribution in [0, 0.1) is 0 Å². The topological polar surface area (TPSA) is 94.5 Å². The first kappa shape index (κ1) is 18.4. The number of carbonyl (C=O) groups is 1. The van der Waals surface area contributed by atoms with Crippen LogP contribution in [0.25, 0.3) is 0 Å². The van der Waals surface area contributed by atoms with Gasteiger partial charge in [-0.3, -0.25) is 0 Å². The summed E-state index contributed by atoms with van der Waals surface area (Å²) in [5.74, 6) is 0.120. The summed E-state index contributed by atoms with van der Waals surface area (Å²) in [6.07, 6.45) is -2.96. The van der Waals surface area contributed by atoms with E-state index in [1.54, 1.807) is 36.4 Å². The zero-order valence-corrected chi connectivity index (χ0v) is 14.1. The third-order valence-corrected chi connectivity index (χ3v) is 3.60. The van der Waals surface area contributed by atoms with Crippen LogP contribution >= 0.6 is 0 Å². The van der Waals surface area contributed by atoms with Gasteiger partial charge in [0, 0.05) is 0 Å². The van der Waals surface area contributed by atoms with Gasteiger partial charge in [0.15, 0.2) is 23.0 Å². The highest BCUT2D eigenvalue weighted by Crippen LogP contribution is 2.33. The van der Waals surface area contributed by atoms with Gasteiger partial charge in [-0.1, -0.05) is 18.2 Å². The maximum atomic E-state index is 11.6. The van der Waals surface area contributed by atoms with Crippen LogP contribution in [-0.4, -0.2) is 43.6 Å². The predicted octanol–water partition coefficient (Wildman–Crippen LogP) is 2.28. The monoisotopic (exact) mass is 348 g/mol. The minimum absolute atomic E-state index is 0.219. The second-order valence-corrected chi connectivity index (χ2v) is 5.09. The Morgan fingerprint density at radius 2 is 1.44 bits per heavy atom.